The van der Waals surface area contributed by atoms with Crippen LogP contribution in [-0.4, -0.2) is 22.5 Å². The molecule has 1 N–H and O–H groups in total. The third kappa shape index (κ3) is 3.65. The van der Waals surface area contributed by atoms with Crippen molar-refractivity contribution in [2.24, 2.45) is 0 Å². The third-order valence-electron chi connectivity index (χ3n) is 2.79. The number of hydrogen-bond acceptors (Lipinski definition) is 3. The average Bonchev–Trinajstić information content (AvgIpc) is 2.38. The fourth-order valence-corrected chi connectivity index (χ4v) is 3.18. The lowest BCUT2D eigenvalue weighted by Crippen LogP contribution is -2.17. The number of rotatable bonds is 4. The van der Waals surface area contributed by atoms with E-state index in [1.165, 1.54) is 30.3 Å². The molecule has 0 amide bonds. The smallest absolute Gasteiger partial charge is 0.262 e. The van der Waals surface area contributed by atoms with E-state index in [2.05, 4.69) is 4.72 Å². The van der Waals surface area contributed by atoms with Crippen molar-refractivity contribution in [1.29, 1.82) is 0 Å². The fraction of sp³-hybridized carbons (Fsp3) is 0.143. The lowest BCUT2D eigenvalue weighted by atomic mass is 10.2. The topological polar surface area (TPSA) is 49.4 Å². The van der Waals surface area contributed by atoms with Gasteiger partial charge in [0.2, 0.25) is 0 Å². The second kappa shape index (κ2) is 5.91. The minimum absolute atomic E-state index is 0.0176. The van der Waals surface area contributed by atoms with Crippen LogP contribution in [0, 0.1) is 5.82 Å². The Hall–Kier alpha value is -1.79. The van der Waals surface area contributed by atoms with Crippen LogP contribution in [0.2, 0.25) is 5.02 Å². The molecule has 7 heteroatoms. The van der Waals surface area contributed by atoms with E-state index >= 15 is 0 Å². The molecular formula is C14H14ClFN2O2S. The number of nitrogens with one attached hydrogen (secondary N) is 1. The summed E-state index contributed by atoms with van der Waals surface area (Å²) < 4.78 is 40.4. The molecule has 0 saturated heterocycles. The number of sulfonamides is 1. The van der Waals surface area contributed by atoms with E-state index in [0.717, 1.165) is 6.07 Å². The van der Waals surface area contributed by atoms with Crippen molar-refractivity contribution in [3.8, 4) is 0 Å². The number of benzene rings is 2. The Labute approximate surface area is 128 Å². The van der Waals surface area contributed by atoms with Gasteiger partial charge in [-0.15, -0.1) is 0 Å². The summed E-state index contributed by atoms with van der Waals surface area (Å²) in [6, 6.07) is 9.78. The molecule has 4 nitrogen and oxygen atoms in total. The summed E-state index contributed by atoms with van der Waals surface area (Å²) in [4.78, 5) is 1.71. The predicted octanol–water partition coefficient (Wildman–Crippen LogP) is 3.35. The van der Waals surface area contributed by atoms with E-state index in [0.29, 0.717) is 10.7 Å². The largest absolute Gasteiger partial charge is 0.376 e. The van der Waals surface area contributed by atoms with Gasteiger partial charge in [0.1, 0.15) is 5.82 Å². The van der Waals surface area contributed by atoms with Gasteiger partial charge < -0.3 is 4.90 Å². The van der Waals surface area contributed by atoms with Crippen molar-refractivity contribution < 1.29 is 12.8 Å². The maximum Gasteiger partial charge on any atom is 0.262 e. The molecule has 2 rings (SSSR count). The molecule has 0 bridgehead atoms. The Morgan fingerprint density at radius 2 is 1.86 bits per heavy atom. The van der Waals surface area contributed by atoms with Crippen molar-refractivity contribution in [3.05, 3.63) is 53.3 Å². The van der Waals surface area contributed by atoms with Crippen LogP contribution in [0.3, 0.4) is 0 Å². The van der Waals surface area contributed by atoms with Gasteiger partial charge in [0.15, 0.2) is 0 Å². The first-order valence-corrected chi connectivity index (χ1v) is 7.91. The normalized spacial score (nSPS) is 11.2. The van der Waals surface area contributed by atoms with Gasteiger partial charge in [-0.05, 0) is 30.3 Å². The highest BCUT2D eigenvalue weighted by molar-refractivity contribution is 7.92. The van der Waals surface area contributed by atoms with Crippen molar-refractivity contribution >= 4 is 33.0 Å². The molecule has 112 valence electrons. The van der Waals surface area contributed by atoms with Gasteiger partial charge in [-0.2, -0.15) is 0 Å². The molecule has 0 unspecified atom stereocenters. The fourth-order valence-electron chi connectivity index (χ4n) is 1.82. The van der Waals surface area contributed by atoms with Gasteiger partial charge in [0.25, 0.3) is 10.0 Å². The summed E-state index contributed by atoms with van der Waals surface area (Å²) in [5.41, 5.74) is 0.724. The van der Waals surface area contributed by atoms with E-state index in [4.69, 9.17) is 11.6 Å². The molecule has 0 saturated carbocycles. The molecule has 0 aromatic heterocycles. The maximum atomic E-state index is 13.4. The van der Waals surface area contributed by atoms with E-state index in [-0.39, 0.29) is 10.6 Å². The van der Waals surface area contributed by atoms with Crippen LogP contribution in [0.5, 0.6) is 0 Å². The van der Waals surface area contributed by atoms with Crippen LogP contribution in [0.25, 0.3) is 0 Å². The first kappa shape index (κ1) is 15.6. The zero-order valence-electron chi connectivity index (χ0n) is 11.5. The SMILES string of the molecule is CN(C)c1ccc(F)cc1NS(=O)(=O)c1cccc(Cl)c1. The van der Waals surface area contributed by atoms with Crippen molar-refractivity contribution in [3.63, 3.8) is 0 Å². The summed E-state index contributed by atoms with van der Waals surface area (Å²) in [6.45, 7) is 0. The van der Waals surface area contributed by atoms with Crippen molar-refractivity contribution in [2.75, 3.05) is 23.7 Å². The summed E-state index contributed by atoms with van der Waals surface area (Å²) in [5, 5.41) is 0.310. The molecule has 21 heavy (non-hydrogen) atoms. The number of halogens is 2. The van der Waals surface area contributed by atoms with E-state index < -0.39 is 15.8 Å². The van der Waals surface area contributed by atoms with E-state index in [1.807, 2.05) is 0 Å². The average molecular weight is 329 g/mol. The summed E-state index contributed by atoms with van der Waals surface area (Å²) in [6.07, 6.45) is 0. The molecule has 0 radical (unpaired) electrons. The second-order valence-electron chi connectivity index (χ2n) is 4.62. The molecule has 2 aromatic rings. The molecule has 0 fully saturated rings. The van der Waals surface area contributed by atoms with Crippen LogP contribution < -0.4 is 9.62 Å². The maximum absolute atomic E-state index is 13.4. The van der Waals surface area contributed by atoms with Crippen LogP contribution in [0.1, 0.15) is 0 Å². The number of nitrogens with zero attached hydrogens (tertiary/aromatic N) is 1. The quantitative estimate of drug-likeness (QED) is 0.936. The molecule has 2 aromatic carbocycles. The summed E-state index contributed by atoms with van der Waals surface area (Å²) >= 11 is 5.80. The minimum Gasteiger partial charge on any atom is -0.376 e. The molecule has 0 heterocycles. The minimum atomic E-state index is -3.84. The van der Waals surface area contributed by atoms with Gasteiger partial charge in [-0.3, -0.25) is 4.72 Å². The van der Waals surface area contributed by atoms with Gasteiger partial charge in [0.05, 0.1) is 16.3 Å². The Kier molecular flexibility index (Phi) is 4.39. The third-order valence-corrected chi connectivity index (χ3v) is 4.39. The zero-order valence-corrected chi connectivity index (χ0v) is 13.0. The van der Waals surface area contributed by atoms with Crippen LogP contribution in [0.4, 0.5) is 15.8 Å². The van der Waals surface area contributed by atoms with Gasteiger partial charge in [-0.25, -0.2) is 12.8 Å². The molecule has 0 spiro atoms. The second-order valence-corrected chi connectivity index (χ2v) is 6.74. The van der Waals surface area contributed by atoms with E-state index in [1.54, 1.807) is 25.1 Å². The van der Waals surface area contributed by atoms with Crippen LogP contribution >= 0.6 is 11.6 Å². The standard InChI is InChI=1S/C14H14ClFN2O2S/c1-18(2)14-7-6-11(16)9-13(14)17-21(19,20)12-5-3-4-10(15)8-12/h3-9,17H,1-2H3. The Morgan fingerprint density at radius 3 is 2.48 bits per heavy atom. The summed E-state index contributed by atoms with van der Waals surface area (Å²) in [7, 11) is -0.355. The number of hydrogen-bond donors (Lipinski definition) is 1. The Bertz CT molecular complexity index is 763. The van der Waals surface area contributed by atoms with Crippen molar-refractivity contribution in [2.45, 2.75) is 4.90 Å². The predicted molar refractivity (Wildman–Crippen MR) is 83.0 cm³/mol. The Morgan fingerprint density at radius 1 is 1.14 bits per heavy atom. The first-order valence-electron chi connectivity index (χ1n) is 6.05. The van der Waals surface area contributed by atoms with Gasteiger partial charge in [-0.1, -0.05) is 17.7 Å². The van der Waals surface area contributed by atoms with Crippen molar-refractivity contribution in [1.82, 2.24) is 0 Å². The Balaban J connectivity index is 2.44. The van der Waals surface area contributed by atoms with Gasteiger partial charge >= 0.3 is 0 Å². The summed E-state index contributed by atoms with van der Waals surface area (Å²) in [5.74, 6) is -0.524. The van der Waals surface area contributed by atoms with Crippen LogP contribution in [-0.2, 0) is 10.0 Å². The highest BCUT2D eigenvalue weighted by Crippen LogP contribution is 2.28. The first-order chi connectivity index (χ1) is 9.79. The van der Waals surface area contributed by atoms with Gasteiger partial charge in [0, 0.05) is 25.2 Å². The zero-order chi connectivity index (χ0) is 15.6. The highest BCUT2D eigenvalue weighted by Gasteiger charge is 2.17. The lowest BCUT2D eigenvalue weighted by molar-refractivity contribution is 0.601. The van der Waals surface area contributed by atoms with E-state index in [9.17, 15) is 12.8 Å². The molecule has 0 aliphatic carbocycles. The monoisotopic (exact) mass is 328 g/mol. The van der Waals surface area contributed by atoms with Crippen LogP contribution in [0.15, 0.2) is 47.4 Å². The highest BCUT2D eigenvalue weighted by atomic mass is 35.5. The molecule has 0 atom stereocenters. The molecule has 0 aliphatic rings. The molecule has 0 aliphatic heterocycles. The molecular weight excluding hydrogens is 315 g/mol. The number of anilines is 2. The lowest BCUT2D eigenvalue weighted by Gasteiger charge is -2.18.